The van der Waals surface area contributed by atoms with Crippen molar-refractivity contribution in [3.05, 3.63) is 64.9 Å². The van der Waals surface area contributed by atoms with E-state index in [1.807, 2.05) is 0 Å². The molecule has 0 bridgehead atoms. The Balaban J connectivity index is 1.85. The van der Waals surface area contributed by atoms with Crippen LogP contribution in [0.15, 0.2) is 64.2 Å². The van der Waals surface area contributed by atoms with E-state index in [1.165, 1.54) is 47.3 Å². The van der Waals surface area contributed by atoms with Gasteiger partial charge in [0.1, 0.15) is 10.6 Å². The van der Waals surface area contributed by atoms with E-state index in [0.29, 0.717) is 4.47 Å². The SMILES string of the molecule is NS(=O)(=O)c1cc(NC(=O)Cc2ccccc2OC(F)F)ccc1-n1cc(Br)cn1. The normalized spacial score (nSPS) is 11.5. The number of amides is 1. The number of hydrogen-bond acceptors (Lipinski definition) is 5. The molecule has 3 rings (SSSR count). The summed E-state index contributed by atoms with van der Waals surface area (Å²) >= 11 is 3.23. The van der Waals surface area contributed by atoms with Crippen LogP contribution >= 0.6 is 15.9 Å². The lowest BCUT2D eigenvalue weighted by Crippen LogP contribution is -2.18. The fourth-order valence-electron chi connectivity index (χ4n) is 2.68. The zero-order valence-electron chi connectivity index (χ0n) is 15.1. The first-order chi connectivity index (χ1) is 14.1. The molecule has 0 aliphatic carbocycles. The van der Waals surface area contributed by atoms with Gasteiger partial charge in [-0.15, -0.1) is 0 Å². The summed E-state index contributed by atoms with van der Waals surface area (Å²) in [6.07, 6.45) is 2.76. The largest absolute Gasteiger partial charge is 0.435 e. The summed E-state index contributed by atoms with van der Waals surface area (Å²) in [7, 11) is -4.14. The van der Waals surface area contributed by atoms with E-state index in [-0.39, 0.29) is 34.0 Å². The van der Waals surface area contributed by atoms with Gasteiger partial charge >= 0.3 is 6.61 Å². The van der Waals surface area contributed by atoms with Crippen molar-refractivity contribution in [3.8, 4) is 11.4 Å². The van der Waals surface area contributed by atoms with Crippen molar-refractivity contribution in [1.82, 2.24) is 9.78 Å². The molecule has 158 valence electrons. The van der Waals surface area contributed by atoms with Gasteiger partial charge in [-0.25, -0.2) is 18.2 Å². The maximum absolute atomic E-state index is 12.5. The van der Waals surface area contributed by atoms with Crippen molar-refractivity contribution in [2.45, 2.75) is 17.9 Å². The molecule has 0 spiro atoms. The van der Waals surface area contributed by atoms with Gasteiger partial charge in [0.2, 0.25) is 15.9 Å². The molecule has 1 heterocycles. The number of nitrogens with one attached hydrogen (secondary N) is 1. The van der Waals surface area contributed by atoms with Crippen LogP contribution in [0.4, 0.5) is 14.5 Å². The Morgan fingerprint density at radius 3 is 2.63 bits per heavy atom. The number of alkyl halides is 2. The van der Waals surface area contributed by atoms with E-state index in [2.05, 4.69) is 31.1 Å². The van der Waals surface area contributed by atoms with Gasteiger partial charge in [-0.05, 0) is 40.2 Å². The average Bonchev–Trinajstić information content (AvgIpc) is 3.08. The molecule has 30 heavy (non-hydrogen) atoms. The van der Waals surface area contributed by atoms with Crippen molar-refractivity contribution < 1.29 is 26.7 Å². The summed E-state index contributed by atoms with van der Waals surface area (Å²) in [5.41, 5.74) is 0.600. The highest BCUT2D eigenvalue weighted by Gasteiger charge is 2.18. The molecule has 0 saturated heterocycles. The third-order valence-electron chi connectivity index (χ3n) is 3.89. The highest BCUT2D eigenvalue weighted by molar-refractivity contribution is 9.10. The Morgan fingerprint density at radius 2 is 2.00 bits per heavy atom. The molecule has 0 unspecified atom stereocenters. The number of halogens is 3. The van der Waals surface area contributed by atoms with Crippen LogP contribution in [0, 0.1) is 0 Å². The van der Waals surface area contributed by atoms with Crippen LogP contribution in [-0.2, 0) is 21.2 Å². The molecule has 3 aromatic rings. The molecule has 1 aromatic heterocycles. The Bertz CT molecular complexity index is 1180. The molecule has 0 aliphatic rings. The molecule has 0 radical (unpaired) electrons. The predicted octanol–water partition coefficient (Wildman–Crippen LogP) is 3.06. The smallest absolute Gasteiger partial charge is 0.387 e. The van der Waals surface area contributed by atoms with Crippen molar-refractivity contribution in [2.75, 3.05) is 5.32 Å². The van der Waals surface area contributed by atoms with E-state index in [1.54, 1.807) is 12.3 Å². The van der Waals surface area contributed by atoms with Crippen LogP contribution in [0.2, 0.25) is 0 Å². The Labute approximate surface area is 178 Å². The Morgan fingerprint density at radius 1 is 1.27 bits per heavy atom. The van der Waals surface area contributed by atoms with Gasteiger partial charge in [0, 0.05) is 17.4 Å². The number of sulfonamides is 1. The van der Waals surface area contributed by atoms with E-state index >= 15 is 0 Å². The third-order valence-corrected chi connectivity index (χ3v) is 5.24. The number of hydrogen-bond donors (Lipinski definition) is 2. The first-order valence-corrected chi connectivity index (χ1v) is 10.7. The first-order valence-electron chi connectivity index (χ1n) is 8.33. The highest BCUT2D eigenvalue weighted by atomic mass is 79.9. The van der Waals surface area contributed by atoms with Gasteiger partial charge in [0.05, 0.1) is 22.8 Å². The predicted molar refractivity (Wildman–Crippen MR) is 108 cm³/mol. The quantitative estimate of drug-likeness (QED) is 0.517. The van der Waals surface area contributed by atoms with Gasteiger partial charge in [-0.1, -0.05) is 18.2 Å². The summed E-state index contributed by atoms with van der Waals surface area (Å²) in [5, 5.41) is 11.9. The summed E-state index contributed by atoms with van der Waals surface area (Å²) < 4.78 is 55.5. The lowest BCUT2D eigenvalue weighted by Gasteiger charge is -2.13. The molecule has 3 N–H and O–H groups in total. The fourth-order valence-corrected chi connectivity index (χ4v) is 3.71. The number of nitrogens with zero attached hydrogens (tertiary/aromatic N) is 2. The van der Waals surface area contributed by atoms with Crippen molar-refractivity contribution in [2.24, 2.45) is 5.14 Å². The van der Waals surface area contributed by atoms with Crippen LogP contribution in [0.25, 0.3) is 5.69 Å². The highest BCUT2D eigenvalue weighted by Crippen LogP contribution is 2.25. The first kappa shape index (κ1) is 21.9. The molecule has 12 heteroatoms. The number of rotatable bonds is 7. The van der Waals surface area contributed by atoms with Crippen LogP contribution in [0.3, 0.4) is 0 Å². The van der Waals surface area contributed by atoms with Gasteiger partial charge < -0.3 is 10.1 Å². The maximum atomic E-state index is 12.5. The third kappa shape index (κ3) is 5.40. The second-order valence-electron chi connectivity index (χ2n) is 6.04. The monoisotopic (exact) mass is 500 g/mol. The van der Waals surface area contributed by atoms with Crippen LogP contribution in [0.1, 0.15) is 5.56 Å². The molecule has 0 atom stereocenters. The van der Waals surface area contributed by atoms with Crippen LogP contribution in [-0.4, -0.2) is 30.7 Å². The topological polar surface area (TPSA) is 116 Å². The number of anilines is 1. The number of ether oxygens (including phenoxy) is 1. The number of benzene rings is 2. The fraction of sp³-hybridized carbons (Fsp3) is 0.111. The van der Waals surface area contributed by atoms with Crippen molar-refractivity contribution in [1.29, 1.82) is 0 Å². The number of carbonyl (C=O) groups excluding carboxylic acids is 1. The van der Waals surface area contributed by atoms with Gasteiger partial charge in [0.25, 0.3) is 0 Å². The standard InChI is InChI=1S/C18H15BrF2N4O4S/c19-12-9-23-25(10-12)14-6-5-13(8-16(14)30(22,27)28)24-17(26)7-11-3-1-2-4-15(11)29-18(20)21/h1-6,8-10,18H,7H2,(H,24,26)(H2,22,27,28). The molecular formula is C18H15BrF2N4O4S. The molecular weight excluding hydrogens is 486 g/mol. The number of primary sulfonamides is 1. The van der Waals surface area contributed by atoms with Gasteiger partial charge in [0.15, 0.2) is 0 Å². The van der Waals surface area contributed by atoms with Crippen LogP contribution in [0.5, 0.6) is 5.75 Å². The molecule has 0 saturated carbocycles. The summed E-state index contributed by atoms with van der Waals surface area (Å²) in [6.45, 7) is -3.03. The number of aromatic nitrogens is 2. The lowest BCUT2D eigenvalue weighted by molar-refractivity contribution is -0.115. The summed E-state index contributed by atoms with van der Waals surface area (Å²) in [4.78, 5) is 12.1. The van der Waals surface area contributed by atoms with Gasteiger partial charge in [-0.2, -0.15) is 13.9 Å². The zero-order valence-corrected chi connectivity index (χ0v) is 17.5. The van der Waals surface area contributed by atoms with Crippen LogP contribution < -0.4 is 15.2 Å². The van der Waals surface area contributed by atoms with E-state index in [0.717, 1.165) is 0 Å². The average molecular weight is 501 g/mol. The second kappa shape index (κ2) is 8.90. The Kier molecular flexibility index (Phi) is 6.48. The molecule has 2 aromatic carbocycles. The second-order valence-corrected chi connectivity index (χ2v) is 8.49. The zero-order chi connectivity index (χ0) is 21.9. The number of nitrogens with two attached hydrogens (primary N) is 1. The molecule has 1 amide bonds. The van der Waals surface area contributed by atoms with Crippen molar-refractivity contribution >= 4 is 37.5 Å². The van der Waals surface area contributed by atoms with E-state index < -0.39 is 22.5 Å². The minimum atomic E-state index is -4.14. The van der Waals surface area contributed by atoms with E-state index in [9.17, 15) is 22.0 Å². The molecule has 0 aliphatic heterocycles. The van der Waals surface area contributed by atoms with Gasteiger partial charge in [-0.3, -0.25) is 4.79 Å². The lowest BCUT2D eigenvalue weighted by atomic mass is 10.1. The summed E-state index contributed by atoms with van der Waals surface area (Å²) in [5.74, 6) is -0.678. The number of carbonyl (C=O) groups is 1. The molecule has 8 nitrogen and oxygen atoms in total. The summed E-state index contributed by atoms with van der Waals surface area (Å²) in [6, 6.07) is 9.99. The maximum Gasteiger partial charge on any atom is 0.387 e. The molecule has 0 fully saturated rings. The number of para-hydroxylation sites is 1. The van der Waals surface area contributed by atoms with E-state index in [4.69, 9.17) is 5.14 Å². The minimum absolute atomic E-state index is 0.118. The van der Waals surface area contributed by atoms with Crippen molar-refractivity contribution in [3.63, 3.8) is 0 Å². The minimum Gasteiger partial charge on any atom is -0.435 e. The Hall–Kier alpha value is -2.83.